The van der Waals surface area contributed by atoms with Gasteiger partial charge in [-0.15, -0.1) is 0 Å². The zero-order chi connectivity index (χ0) is 26.2. The van der Waals surface area contributed by atoms with Crippen molar-refractivity contribution < 1.29 is 38.0 Å². The Hall–Kier alpha value is -4.33. The predicted molar refractivity (Wildman–Crippen MR) is 137 cm³/mol. The van der Waals surface area contributed by atoms with E-state index < -0.39 is 0 Å². The number of Topliss-reactive ketones (excluding diaryl/α,β-unsaturated/α-hetero) is 1. The second-order valence-electron chi connectivity index (χ2n) is 7.49. The van der Waals surface area contributed by atoms with E-state index in [1.807, 2.05) is 24.3 Å². The lowest BCUT2D eigenvalue weighted by atomic mass is 9.93. The van der Waals surface area contributed by atoms with Gasteiger partial charge < -0.3 is 33.2 Å². The molecule has 190 valence electrons. The number of hydrogen-bond acceptors (Lipinski definition) is 8. The number of benzene rings is 3. The molecule has 8 nitrogen and oxygen atoms in total. The monoisotopic (exact) mass is 494 g/mol. The van der Waals surface area contributed by atoms with Gasteiger partial charge in [-0.3, -0.25) is 4.79 Å². The molecule has 3 aromatic rings. The zero-order valence-electron chi connectivity index (χ0n) is 21.5. The van der Waals surface area contributed by atoms with E-state index in [-0.39, 0.29) is 5.78 Å². The SMILES string of the molecule is COc1ccc(/C=C(/C(=O)c2cc(OC)c(OC)c(OC)c2)c2cc(OC)c(OC)c(OC)c2)cc1. The van der Waals surface area contributed by atoms with Crippen LogP contribution in [0, 0.1) is 0 Å². The van der Waals surface area contributed by atoms with Gasteiger partial charge >= 0.3 is 0 Å². The van der Waals surface area contributed by atoms with E-state index in [9.17, 15) is 4.79 Å². The summed E-state index contributed by atoms with van der Waals surface area (Å²) in [4.78, 5) is 14.0. The summed E-state index contributed by atoms with van der Waals surface area (Å²) < 4.78 is 38.1. The standard InChI is InChI=1S/C28H30O8/c1-30-20-10-8-17(9-11-20)12-21(18-13-22(31-2)27(35-6)23(14-18)32-3)26(29)19-15-24(33-4)28(36-7)25(16-19)34-5/h8-16H,1-7H3/b21-12+. The van der Waals surface area contributed by atoms with E-state index in [1.165, 1.54) is 42.7 Å². The van der Waals surface area contributed by atoms with Gasteiger partial charge in [0.15, 0.2) is 28.8 Å². The van der Waals surface area contributed by atoms with E-state index in [0.29, 0.717) is 56.9 Å². The Kier molecular flexibility index (Phi) is 8.67. The van der Waals surface area contributed by atoms with Crippen molar-refractivity contribution >= 4 is 17.4 Å². The maximum atomic E-state index is 14.0. The lowest BCUT2D eigenvalue weighted by molar-refractivity contribution is 0.105. The van der Waals surface area contributed by atoms with Crippen LogP contribution in [0.2, 0.25) is 0 Å². The first kappa shape index (κ1) is 26.3. The molecule has 0 amide bonds. The van der Waals surface area contributed by atoms with E-state index in [4.69, 9.17) is 33.2 Å². The maximum absolute atomic E-state index is 14.0. The Balaban J connectivity index is 2.26. The van der Waals surface area contributed by atoms with Gasteiger partial charge in [-0.2, -0.15) is 0 Å². The normalized spacial score (nSPS) is 10.9. The van der Waals surface area contributed by atoms with Crippen molar-refractivity contribution in [1.29, 1.82) is 0 Å². The number of carbonyl (C=O) groups is 1. The minimum absolute atomic E-state index is 0.278. The Morgan fingerprint density at radius 2 is 0.972 bits per heavy atom. The number of rotatable bonds is 11. The highest BCUT2D eigenvalue weighted by molar-refractivity contribution is 6.32. The van der Waals surface area contributed by atoms with Crippen LogP contribution >= 0.6 is 0 Å². The molecular formula is C28H30O8. The summed E-state index contributed by atoms with van der Waals surface area (Å²) in [5.41, 5.74) is 2.09. The number of carbonyl (C=O) groups excluding carboxylic acids is 1. The van der Waals surface area contributed by atoms with E-state index >= 15 is 0 Å². The molecule has 0 unspecified atom stereocenters. The van der Waals surface area contributed by atoms with Crippen LogP contribution in [-0.4, -0.2) is 55.6 Å². The topological polar surface area (TPSA) is 81.7 Å². The third-order valence-corrected chi connectivity index (χ3v) is 5.57. The molecule has 0 aliphatic heterocycles. The molecule has 0 aliphatic rings. The molecule has 0 heterocycles. The second-order valence-corrected chi connectivity index (χ2v) is 7.49. The first-order valence-corrected chi connectivity index (χ1v) is 10.9. The molecule has 36 heavy (non-hydrogen) atoms. The largest absolute Gasteiger partial charge is 0.497 e. The van der Waals surface area contributed by atoms with Gasteiger partial charge in [0, 0.05) is 11.1 Å². The van der Waals surface area contributed by atoms with Crippen molar-refractivity contribution in [3.05, 3.63) is 65.2 Å². The molecule has 0 bridgehead atoms. The third-order valence-electron chi connectivity index (χ3n) is 5.57. The fourth-order valence-electron chi connectivity index (χ4n) is 3.75. The fraction of sp³-hybridized carbons (Fsp3) is 0.250. The lowest BCUT2D eigenvalue weighted by Crippen LogP contribution is -2.06. The third kappa shape index (κ3) is 5.33. The van der Waals surface area contributed by atoms with Crippen LogP contribution in [0.3, 0.4) is 0 Å². The number of hydrogen-bond donors (Lipinski definition) is 0. The van der Waals surface area contributed by atoms with Crippen molar-refractivity contribution in [1.82, 2.24) is 0 Å². The Morgan fingerprint density at radius 1 is 0.556 bits per heavy atom. The van der Waals surface area contributed by atoms with Gasteiger partial charge in [-0.25, -0.2) is 0 Å². The molecule has 0 aromatic heterocycles. The number of ketones is 1. The molecule has 3 rings (SSSR count). The minimum Gasteiger partial charge on any atom is -0.497 e. The molecule has 8 heteroatoms. The maximum Gasteiger partial charge on any atom is 0.203 e. The summed E-state index contributed by atoms with van der Waals surface area (Å²) >= 11 is 0. The average Bonchev–Trinajstić information content (AvgIpc) is 2.93. The van der Waals surface area contributed by atoms with Crippen LogP contribution in [-0.2, 0) is 0 Å². The van der Waals surface area contributed by atoms with Crippen LogP contribution in [0.1, 0.15) is 21.5 Å². The summed E-state index contributed by atoms with van der Waals surface area (Å²) in [5.74, 6) is 2.83. The molecule has 0 spiro atoms. The van der Waals surface area contributed by atoms with Crippen molar-refractivity contribution in [3.8, 4) is 40.2 Å². The van der Waals surface area contributed by atoms with Crippen molar-refractivity contribution in [2.24, 2.45) is 0 Å². The van der Waals surface area contributed by atoms with Crippen LogP contribution < -0.4 is 33.2 Å². The summed E-state index contributed by atoms with van der Waals surface area (Å²) in [5, 5.41) is 0. The quantitative estimate of drug-likeness (QED) is 0.205. The number of allylic oxidation sites excluding steroid dienone is 1. The minimum atomic E-state index is -0.278. The molecular weight excluding hydrogens is 464 g/mol. The number of ether oxygens (including phenoxy) is 7. The van der Waals surface area contributed by atoms with Gasteiger partial charge in [0.05, 0.1) is 49.8 Å². The molecule has 0 radical (unpaired) electrons. The van der Waals surface area contributed by atoms with Gasteiger partial charge in [-0.1, -0.05) is 12.1 Å². The van der Waals surface area contributed by atoms with Crippen molar-refractivity contribution in [2.45, 2.75) is 0 Å². The Morgan fingerprint density at radius 3 is 1.33 bits per heavy atom. The van der Waals surface area contributed by atoms with E-state index in [1.54, 1.807) is 37.5 Å². The first-order chi connectivity index (χ1) is 17.4. The highest BCUT2D eigenvalue weighted by Crippen LogP contribution is 2.42. The molecule has 0 saturated heterocycles. The van der Waals surface area contributed by atoms with E-state index in [0.717, 1.165) is 5.56 Å². The highest BCUT2D eigenvalue weighted by atomic mass is 16.5. The summed E-state index contributed by atoms with van der Waals surface area (Å²) in [6, 6.07) is 14.1. The van der Waals surface area contributed by atoms with Gasteiger partial charge in [-0.05, 0) is 53.6 Å². The fourth-order valence-corrected chi connectivity index (χ4v) is 3.75. The van der Waals surface area contributed by atoms with Crippen LogP contribution in [0.4, 0.5) is 0 Å². The predicted octanol–water partition coefficient (Wildman–Crippen LogP) is 5.17. The average molecular weight is 495 g/mol. The summed E-state index contributed by atoms with van der Waals surface area (Å²) in [6.45, 7) is 0. The van der Waals surface area contributed by atoms with Crippen LogP contribution in [0.25, 0.3) is 11.6 Å². The highest BCUT2D eigenvalue weighted by Gasteiger charge is 2.23. The number of methoxy groups -OCH3 is 7. The Bertz CT molecular complexity index is 1190. The van der Waals surface area contributed by atoms with E-state index in [2.05, 4.69) is 0 Å². The molecule has 0 atom stereocenters. The molecule has 0 N–H and O–H groups in total. The Labute approximate surface area is 210 Å². The molecule has 0 fully saturated rings. The van der Waals surface area contributed by atoms with Crippen LogP contribution in [0.5, 0.6) is 40.2 Å². The molecule has 0 aliphatic carbocycles. The van der Waals surface area contributed by atoms with Gasteiger partial charge in [0.1, 0.15) is 5.75 Å². The summed E-state index contributed by atoms with van der Waals surface area (Å²) in [7, 11) is 10.7. The first-order valence-electron chi connectivity index (χ1n) is 10.9. The summed E-state index contributed by atoms with van der Waals surface area (Å²) in [6.07, 6.45) is 1.78. The van der Waals surface area contributed by atoms with Crippen molar-refractivity contribution in [2.75, 3.05) is 49.8 Å². The second kappa shape index (κ2) is 11.9. The molecule has 3 aromatic carbocycles. The van der Waals surface area contributed by atoms with Crippen molar-refractivity contribution in [3.63, 3.8) is 0 Å². The molecule has 0 saturated carbocycles. The van der Waals surface area contributed by atoms with Crippen LogP contribution in [0.15, 0.2) is 48.5 Å². The zero-order valence-corrected chi connectivity index (χ0v) is 21.5. The van der Waals surface area contributed by atoms with Gasteiger partial charge in [0.25, 0.3) is 0 Å². The smallest absolute Gasteiger partial charge is 0.203 e. The van der Waals surface area contributed by atoms with Gasteiger partial charge in [0.2, 0.25) is 11.5 Å². The lowest BCUT2D eigenvalue weighted by Gasteiger charge is -2.17.